The molecule has 25 heavy (non-hydrogen) atoms. The van der Waals surface area contributed by atoms with E-state index in [9.17, 15) is 0 Å². The Morgan fingerprint density at radius 1 is 0.400 bits per heavy atom. The standard InChI is InChI=1S/3C8H9.Bi/c3*1-7-5-3-4-6-8(7)2;/h3*3,5-6H,1-2H3;. The molecule has 3 aromatic carbocycles. The van der Waals surface area contributed by atoms with E-state index >= 15 is 0 Å². The van der Waals surface area contributed by atoms with Gasteiger partial charge >= 0.3 is 161 Å². The molecule has 0 N–H and O–H groups in total. The molecule has 0 atom stereocenters. The van der Waals surface area contributed by atoms with Crippen molar-refractivity contribution in [2.45, 2.75) is 41.5 Å². The van der Waals surface area contributed by atoms with Crippen LogP contribution in [-0.2, 0) is 0 Å². The van der Waals surface area contributed by atoms with Gasteiger partial charge in [0.2, 0.25) is 0 Å². The second-order valence-electron chi connectivity index (χ2n) is 7.14. The summed E-state index contributed by atoms with van der Waals surface area (Å²) in [6.07, 6.45) is 0. The Morgan fingerprint density at radius 2 is 0.680 bits per heavy atom. The van der Waals surface area contributed by atoms with Crippen LogP contribution in [0.25, 0.3) is 0 Å². The van der Waals surface area contributed by atoms with Crippen molar-refractivity contribution in [1.29, 1.82) is 0 Å². The first-order chi connectivity index (χ1) is 11.9. The number of benzene rings is 3. The zero-order valence-electron chi connectivity index (χ0n) is 16.1. The molecule has 0 aliphatic rings. The van der Waals surface area contributed by atoms with Gasteiger partial charge < -0.3 is 0 Å². The van der Waals surface area contributed by atoms with Crippen molar-refractivity contribution in [2.24, 2.45) is 0 Å². The van der Waals surface area contributed by atoms with Crippen LogP contribution >= 0.6 is 0 Å². The van der Waals surface area contributed by atoms with Crippen LogP contribution < -0.4 is 9.81 Å². The molecular weight excluding hydrogens is 497 g/mol. The zero-order chi connectivity index (χ0) is 18.1. The molecule has 0 saturated carbocycles. The Morgan fingerprint density at radius 3 is 0.920 bits per heavy atom. The molecule has 128 valence electrons. The van der Waals surface area contributed by atoms with Crippen LogP contribution in [0.4, 0.5) is 0 Å². The number of aryl methyl sites for hydroxylation is 6. The monoisotopic (exact) mass is 524 g/mol. The van der Waals surface area contributed by atoms with Crippen molar-refractivity contribution in [1.82, 2.24) is 0 Å². The van der Waals surface area contributed by atoms with E-state index in [1.165, 1.54) is 33.4 Å². The second-order valence-corrected chi connectivity index (χ2v) is 15.8. The summed E-state index contributed by atoms with van der Waals surface area (Å²) in [7, 11) is 0. The number of hydrogen-bond donors (Lipinski definition) is 0. The SMILES string of the molecule is Cc1cc[c]([Bi]([c]2ccc(C)c(C)c2)[c]2ccc(C)c(C)c2)cc1C. The molecule has 0 radical (unpaired) electrons. The number of rotatable bonds is 3. The number of hydrogen-bond acceptors (Lipinski definition) is 0. The molecule has 0 unspecified atom stereocenters. The van der Waals surface area contributed by atoms with E-state index in [1.807, 2.05) is 0 Å². The third-order valence-electron chi connectivity index (χ3n) is 5.25. The fourth-order valence-corrected chi connectivity index (χ4v) is 12.9. The summed E-state index contributed by atoms with van der Waals surface area (Å²) in [5.41, 5.74) is 8.37. The fraction of sp³-hybridized carbons (Fsp3) is 0.250. The van der Waals surface area contributed by atoms with Gasteiger partial charge in [0.25, 0.3) is 0 Å². The van der Waals surface area contributed by atoms with E-state index in [2.05, 4.69) is 96.1 Å². The zero-order valence-corrected chi connectivity index (χ0v) is 19.6. The first kappa shape index (κ1) is 18.3. The molecule has 0 nitrogen and oxygen atoms in total. The van der Waals surface area contributed by atoms with Crippen LogP contribution in [0.2, 0.25) is 0 Å². The van der Waals surface area contributed by atoms with Crippen molar-refractivity contribution in [3.63, 3.8) is 0 Å². The van der Waals surface area contributed by atoms with Gasteiger partial charge in [0, 0.05) is 0 Å². The van der Waals surface area contributed by atoms with Crippen molar-refractivity contribution >= 4 is 31.6 Å². The van der Waals surface area contributed by atoms with Crippen LogP contribution in [0.3, 0.4) is 0 Å². The fourth-order valence-electron chi connectivity index (χ4n) is 3.04. The van der Waals surface area contributed by atoms with Crippen LogP contribution in [0.15, 0.2) is 54.6 Å². The topological polar surface area (TPSA) is 0 Å². The molecule has 0 spiro atoms. The molecular formula is C24H27Bi. The van der Waals surface area contributed by atoms with Crippen LogP contribution in [0.1, 0.15) is 33.4 Å². The van der Waals surface area contributed by atoms with Gasteiger partial charge in [-0.05, 0) is 0 Å². The quantitative estimate of drug-likeness (QED) is 0.454. The second kappa shape index (κ2) is 7.42. The molecule has 3 aromatic rings. The normalized spacial score (nSPS) is 11.2. The maximum absolute atomic E-state index is 2.44. The molecule has 3 rings (SSSR count). The van der Waals surface area contributed by atoms with E-state index in [0.29, 0.717) is 0 Å². The summed E-state index contributed by atoms with van der Waals surface area (Å²) in [4.78, 5) is 0. The van der Waals surface area contributed by atoms with Crippen molar-refractivity contribution in [3.05, 3.63) is 88.0 Å². The molecule has 0 heterocycles. The van der Waals surface area contributed by atoms with Crippen LogP contribution in [0.5, 0.6) is 0 Å². The van der Waals surface area contributed by atoms with Crippen LogP contribution in [0, 0.1) is 41.5 Å². The third-order valence-corrected chi connectivity index (χ3v) is 14.5. The summed E-state index contributed by atoms with van der Waals surface area (Å²) in [5, 5.41) is 0. The van der Waals surface area contributed by atoms with Gasteiger partial charge in [0.15, 0.2) is 0 Å². The van der Waals surface area contributed by atoms with Gasteiger partial charge in [0.05, 0.1) is 0 Å². The van der Waals surface area contributed by atoms with E-state index in [0.717, 1.165) is 0 Å². The Hall–Kier alpha value is -1.46. The summed E-state index contributed by atoms with van der Waals surface area (Å²) in [5.74, 6) is 0. The van der Waals surface area contributed by atoms with Crippen molar-refractivity contribution < 1.29 is 0 Å². The summed E-state index contributed by atoms with van der Waals surface area (Å²) in [6.45, 7) is 13.3. The maximum atomic E-state index is 2.44. The van der Waals surface area contributed by atoms with E-state index < -0.39 is 21.8 Å². The molecule has 0 amide bonds. The molecule has 1 heteroatoms. The predicted molar refractivity (Wildman–Crippen MR) is 112 cm³/mol. The van der Waals surface area contributed by atoms with Crippen LogP contribution in [-0.4, -0.2) is 21.8 Å². The molecule has 0 saturated heterocycles. The van der Waals surface area contributed by atoms with Gasteiger partial charge in [-0.1, -0.05) is 0 Å². The van der Waals surface area contributed by atoms with E-state index in [-0.39, 0.29) is 0 Å². The molecule has 0 aliphatic carbocycles. The Kier molecular flexibility index (Phi) is 5.44. The molecule has 0 fully saturated rings. The average molecular weight is 524 g/mol. The van der Waals surface area contributed by atoms with Gasteiger partial charge in [-0.15, -0.1) is 0 Å². The van der Waals surface area contributed by atoms with Gasteiger partial charge in [-0.25, -0.2) is 0 Å². The summed E-state index contributed by atoms with van der Waals surface area (Å²) in [6, 6.07) is 21.4. The van der Waals surface area contributed by atoms with Crippen molar-refractivity contribution in [2.75, 3.05) is 0 Å². The Labute approximate surface area is 160 Å². The minimum atomic E-state index is -2.26. The van der Waals surface area contributed by atoms with E-state index in [4.69, 9.17) is 0 Å². The Bertz CT molecular complexity index is 799. The predicted octanol–water partition coefficient (Wildman–Crippen LogP) is 4.05. The van der Waals surface area contributed by atoms with Crippen molar-refractivity contribution in [3.8, 4) is 0 Å². The average Bonchev–Trinajstić information content (AvgIpc) is 2.57. The van der Waals surface area contributed by atoms with Gasteiger partial charge in [-0.2, -0.15) is 0 Å². The summed E-state index contributed by atoms with van der Waals surface area (Å²) >= 11 is -2.26. The minimum absolute atomic E-state index is 1.38. The Balaban J connectivity index is 2.21. The molecule has 0 aliphatic heterocycles. The molecule has 0 aromatic heterocycles. The molecule has 0 bridgehead atoms. The summed E-state index contributed by atoms with van der Waals surface area (Å²) < 4.78 is 4.72. The van der Waals surface area contributed by atoms with Gasteiger partial charge in [0.1, 0.15) is 0 Å². The third kappa shape index (κ3) is 3.88. The first-order valence-electron chi connectivity index (χ1n) is 8.88. The van der Waals surface area contributed by atoms with Gasteiger partial charge in [-0.3, -0.25) is 0 Å². The first-order valence-corrected chi connectivity index (χ1v) is 14.1. The van der Waals surface area contributed by atoms with E-state index in [1.54, 1.807) is 9.81 Å².